The lowest BCUT2D eigenvalue weighted by Gasteiger charge is -2.18. The minimum absolute atomic E-state index is 0.108. The van der Waals surface area contributed by atoms with E-state index < -0.39 is 0 Å². The van der Waals surface area contributed by atoms with Crippen LogP contribution in [-0.2, 0) is 0 Å². The number of rotatable bonds is 4. The normalized spacial score (nSPS) is 11.8. The molecular weight excluding hydrogens is 288 g/mol. The Morgan fingerprint density at radius 1 is 0.944 bits per heavy atom. The van der Waals surface area contributed by atoms with Crippen molar-refractivity contribution in [3.63, 3.8) is 0 Å². The van der Waals surface area contributed by atoms with E-state index in [1.807, 2.05) is 36.4 Å². The summed E-state index contributed by atoms with van der Waals surface area (Å²) in [4.78, 5) is 0. The Labute approximate surface area is 116 Å². The Morgan fingerprint density at radius 2 is 1.39 bits per heavy atom. The molecule has 2 aromatic carbocycles. The summed E-state index contributed by atoms with van der Waals surface area (Å²) >= 11 is 3.46. The molecule has 0 spiro atoms. The van der Waals surface area contributed by atoms with Crippen LogP contribution in [0.25, 0.3) is 0 Å². The van der Waals surface area contributed by atoms with Gasteiger partial charge < -0.3 is 5.84 Å². The van der Waals surface area contributed by atoms with Crippen molar-refractivity contribution in [2.24, 2.45) is 10.9 Å². The molecule has 0 fully saturated rings. The second-order valence-electron chi connectivity index (χ2n) is 4.01. The molecule has 0 aliphatic carbocycles. The SMILES string of the molecule is NN=C(CBr)C(c1ccccc1)c1ccccc1. The van der Waals surface area contributed by atoms with Gasteiger partial charge in [0.15, 0.2) is 0 Å². The van der Waals surface area contributed by atoms with Crippen molar-refractivity contribution in [2.75, 3.05) is 5.33 Å². The van der Waals surface area contributed by atoms with E-state index in [1.54, 1.807) is 0 Å². The summed E-state index contributed by atoms with van der Waals surface area (Å²) in [7, 11) is 0. The number of hydrogen-bond acceptors (Lipinski definition) is 2. The van der Waals surface area contributed by atoms with Gasteiger partial charge in [0.05, 0.1) is 5.71 Å². The van der Waals surface area contributed by atoms with E-state index in [2.05, 4.69) is 45.3 Å². The predicted molar refractivity (Wildman–Crippen MR) is 80.1 cm³/mol. The number of halogens is 1. The first-order valence-electron chi connectivity index (χ1n) is 5.79. The Hall–Kier alpha value is -1.61. The maximum atomic E-state index is 5.52. The zero-order chi connectivity index (χ0) is 12.8. The number of alkyl halides is 1. The van der Waals surface area contributed by atoms with Gasteiger partial charge in [0.2, 0.25) is 0 Å². The van der Waals surface area contributed by atoms with Crippen molar-refractivity contribution >= 4 is 21.6 Å². The first-order valence-corrected chi connectivity index (χ1v) is 6.91. The molecule has 2 rings (SSSR count). The molecule has 0 unspecified atom stereocenters. The van der Waals surface area contributed by atoms with Crippen LogP contribution in [0.5, 0.6) is 0 Å². The minimum Gasteiger partial charge on any atom is -0.323 e. The topological polar surface area (TPSA) is 38.4 Å². The molecule has 0 aliphatic heterocycles. The van der Waals surface area contributed by atoms with Gasteiger partial charge in [-0.15, -0.1) is 0 Å². The van der Waals surface area contributed by atoms with Crippen LogP contribution in [-0.4, -0.2) is 11.0 Å². The zero-order valence-corrected chi connectivity index (χ0v) is 11.5. The maximum absolute atomic E-state index is 5.52. The second kappa shape index (κ2) is 6.36. The van der Waals surface area contributed by atoms with Crippen LogP contribution >= 0.6 is 15.9 Å². The summed E-state index contributed by atoms with van der Waals surface area (Å²) in [5.74, 6) is 5.62. The number of nitrogens with two attached hydrogens (primary N) is 1. The molecule has 0 aliphatic rings. The van der Waals surface area contributed by atoms with Crippen LogP contribution in [0, 0.1) is 0 Å². The molecule has 2 aromatic rings. The Kier molecular flexibility index (Phi) is 4.53. The highest BCUT2D eigenvalue weighted by Crippen LogP contribution is 2.26. The average Bonchev–Trinajstić information content (AvgIpc) is 2.46. The standard InChI is InChI=1S/C15H15BrN2/c16-11-14(18-17)15(12-7-3-1-4-8-12)13-9-5-2-6-10-13/h1-10,15H,11,17H2. The van der Waals surface area contributed by atoms with Crippen LogP contribution in [0.4, 0.5) is 0 Å². The summed E-state index contributed by atoms with van der Waals surface area (Å²) in [6, 6.07) is 20.6. The van der Waals surface area contributed by atoms with Gasteiger partial charge in [-0.2, -0.15) is 5.10 Å². The van der Waals surface area contributed by atoms with E-state index in [0.717, 1.165) is 5.71 Å². The minimum atomic E-state index is 0.108. The first kappa shape index (κ1) is 12.8. The van der Waals surface area contributed by atoms with E-state index in [1.165, 1.54) is 11.1 Å². The van der Waals surface area contributed by atoms with E-state index in [0.29, 0.717) is 5.33 Å². The zero-order valence-electron chi connectivity index (χ0n) is 9.96. The Bertz CT molecular complexity index is 469. The van der Waals surface area contributed by atoms with Crippen LogP contribution in [0.15, 0.2) is 65.8 Å². The Morgan fingerprint density at radius 3 is 1.72 bits per heavy atom. The van der Waals surface area contributed by atoms with E-state index >= 15 is 0 Å². The highest BCUT2D eigenvalue weighted by Gasteiger charge is 2.19. The smallest absolute Gasteiger partial charge is 0.0599 e. The van der Waals surface area contributed by atoms with Crippen molar-refractivity contribution in [1.29, 1.82) is 0 Å². The van der Waals surface area contributed by atoms with Gasteiger partial charge in [0.1, 0.15) is 0 Å². The molecule has 0 atom stereocenters. The fourth-order valence-electron chi connectivity index (χ4n) is 2.05. The van der Waals surface area contributed by atoms with Gasteiger partial charge in [-0.05, 0) is 11.1 Å². The third-order valence-corrected chi connectivity index (χ3v) is 3.48. The third-order valence-electron chi connectivity index (χ3n) is 2.90. The van der Waals surface area contributed by atoms with E-state index in [4.69, 9.17) is 5.84 Å². The summed E-state index contributed by atoms with van der Waals surface area (Å²) in [5, 5.41) is 4.59. The molecule has 0 radical (unpaired) electrons. The Balaban J connectivity index is 2.48. The fourth-order valence-corrected chi connectivity index (χ4v) is 2.52. The van der Waals surface area contributed by atoms with Crippen LogP contribution in [0.1, 0.15) is 17.0 Å². The highest BCUT2D eigenvalue weighted by molar-refractivity contribution is 9.09. The van der Waals surface area contributed by atoms with Crippen molar-refractivity contribution < 1.29 is 0 Å². The van der Waals surface area contributed by atoms with Crippen molar-refractivity contribution in [1.82, 2.24) is 0 Å². The molecule has 0 saturated carbocycles. The van der Waals surface area contributed by atoms with Gasteiger partial charge >= 0.3 is 0 Å². The third kappa shape index (κ3) is 2.79. The molecule has 0 heterocycles. The lowest BCUT2D eigenvalue weighted by Crippen LogP contribution is -2.17. The number of benzene rings is 2. The summed E-state index contributed by atoms with van der Waals surface area (Å²) in [6.45, 7) is 0. The van der Waals surface area contributed by atoms with Gasteiger partial charge in [-0.3, -0.25) is 0 Å². The monoisotopic (exact) mass is 302 g/mol. The molecule has 0 amide bonds. The van der Waals surface area contributed by atoms with E-state index in [9.17, 15) is 0 Å². The summed E-state index contributed by atoms with van der Waals surface area (Å²) in [5.41, 5.74) is 3.33. The van der Waals surface area contributed by atoms with Gasteiger partial charge in [-0.1, -0.05) is 76.6 Å². The van der Waals surface area contributed by atoms with Crippen molar-refractivity contribution in [3.8, 4) is 0 Å². The molecule has 2 N–H and O–H groups in total. The van der Waals surface area contributed by atoms with Gasteiger partial charge in [0.25, 0.3) is 0 Å². The first-order chi connectivity index (χ1) is 8.86. The molecular formula is C15H15BrN2. The molecule has 3 heteroatoms. The fraction of sp³-hybridized carbons (Fsp3) is 0.133. The van der Waals surface area contributed by atoms with Gasteiger partial charge in [-0.25, -0.2) is 0 Å². The van der Waals surface area contributed by atoms with Crippen LogP contribution in [0.3, 0.4) is 0 Å². The number of hydrazone groups is 1. The summed E-state index contributed by atoms with van der Waals surface area (Å²) in [6.07, 6.45) is 0. The highest BCUT2D eigenvalue weighted by atomic mass is 79.9. The maximum Gasteiger partial charge on any atom is 0.0599 e. The quantitative estimate of drug-likeness (QED) is 0.399. The lowest BCUT2D eigenvalue weighted by molar-refractivity contribution is 1.04. The number of hydrogen-bond donors (Lipinski definition) is 1. The molecule has 92 valence electrons. The predicted octanol–water partition coefficient (Wildman–Crippen LogP) is 3.53. The second-order valence-corrected chi connectivity index (χ2v) is 4.57. The molecule has 0 aromatic heterocycles. The van der Waals surface area contributed by atoms with Crippen LogP contribution < -0.4 is 5.84 Å². The lowest BCUT2D eigenvalue weighted by atomic mass is 9.88. The van der Waals surface area contributed by atoms with Crippen molar-refractivity contribution in [2.45, 2.75) is 5.92 Å². The van der Waals surface area contributed by atoms with Gasteiger partial charge in [0, 0.05) is 11.2 Å². The van der Waals surface area contributed by atoms with Crippen molar-refractivity contribution in [3.05, 3.63) is 71.8 Å². The molecule has 0 bridgehead atoms. The number of nitrogens with zero attached hydrogens (tertiary/aromatic N) is 1. The largest absolute Gasteiger partial charge is 0.323 e. The van der Waals surface area contributed by atoms with E-state index in [-0.39, 0.29) is 5.92 Å². The van der Waals surface area contributed by atoms with Crippen LogP contribution in [0.2, 0.25) is 0 Å². The summed E-state index contributed by atoms with van der Waals surface area (Å²) < 4.78 is 0. The average molecular weight is 303 g/mol. The molecule has 0 saturated heterocycles. The molecule has 2 nitrogen and oxygen atoms in total. The molecule has 18 heavy (non-hydrogen) atoms.